The molecular formula is C7H10BrNO. The molecule has 0 aliphatic heterocycles. The first kappa shape index (κ1) is 8.03. The molecule has 0 saturated heterocycles. The van der Waals surface area contributed by atoms with Crippen molar-refractivity contribution in [3.05, 3.63) is 0 Å². The molecule has 1 fully saturated rings. The Hall–Kier alpha value is -0.0700. The maximum absolute atomic E-state index is 8.58. The van der Waals surface area contributed by atoms with E-state index in [-0.39, 0.29) is 4.32 Å². The standard InChI is InChI=1S/C7H10BrNO/c1-2-10-6-3-7(8,4-6)5-9/h6H,2-4H2,1H3. The van der Waals surface area contributed by atoms with E-state index in [0.717, 1.165) is 19.4 Å². The summed E-state index contributed by atoms with van der Waals surface area (Å²) in [6.45, 7) is 2.72. The van der Waals surface area contributed by atoms with Crippen LogP contribution in [0.25, 0.3) is 0 Å². The lowest BCUT2D eigenvalue weighted by atomic mass is 9.83. The summed E-state index contributed by atoms with van der Waals surface area (Å²) in [5.74, 6) is 0. The normalized spacial score (nSPS) is 38.3. The van der Waals surface area contributed by atoms with Gasteiger partial charge in [0, 0.05) is 19.4 Å². The SMILES string of the molecule is CCOC1CC(Br)(C#N)C1. The molecule has 1 saturated carbocycles. The van der Waals surface area contributed by atoms with E-state index >= 15 is 0 Å². The Kier molecular flexibility index (Phi) is 2.32. The summed E-state index contributed by atoms with van der Waals surface area (Å²) in [6, 6.07) is 2.20. The van der Waals surface area contributed by atoms with Gasteiger partial charge < -0.3 is 4.74 Å². The van der Waals surface area contributed by atoms with Gasteiger partial charge in [0.15, 0.2) is 0 Å². The summed E-state index contributed by atoms with van der Waals surface area (Å²) in [5, 5.41) is 8.58. The third-order valence-electron chi connectivity index (χ3n) is 1.71. The van der Waals surface area contributed by atoms with Crippen LogP contribution in [0.3, 0.4) is 0 Å². The number of nitriles is 1. The number of halogens is 1. The third-order valence-corrected chi connectivity index (χ3v) is 2.53. The molecule has 0 aromatic carbocycles. The monoisotopic (exact) mass is 203 g/mol. The Bertz CT molecular complexity index is 157. The molecule has 10 heavy (non-hydrogen) atoms. The van der Waals surface area contributed by atoms with E-state index in [9.17, 15) is 0 Å². The van der Waals surface area contributed by atoms with E-state index in [1.807, 2.05) is 6.92 Å². The third kappa shape index (κ3) is 1.50. The second-order valence-corrected chi connectivity index (χ2v) is 4.08. The van der Waals surface area contributed by atoms with E-state index in [4.69, 9.17) is 10.00 Å². The molecule has 1 aliphatic carbocycles. The van der Waals surface area contributed by atoms with Crippen molar-refractivity contribution in [1.29, 1.82) is 5.26 Å². The average Bonchev–Trinajstić information content (AvgIpc) is 1.85. The number of hydrogen-bond donors (Lipinski definition) is 0. The van der Waals surface area contributed by atoms with Crippen LogP contribution in [0.5, 0.6) is 0 Å². The molecule has 0 aromatic heterocycles. The molecule has 2 nitrogen and oxygen atoms in total. The summed E-state index contributed by atoms with van der Waals surface area (Å²) in [6.07, 6.45) is 1.97. The van der Waals surface area contributed by atoms with Gasteiger partial charge in [0.1, 0.15) is 4.32 Å². The molecule has 1 aliphatic rings. The summed E-state index contributed by atoms with van der Waals surface area (Å²) < 4.78 is 5.02. The van der Waals surface area contributed by atoms with Gasteiger partial charge in [-0.2, -0.15) is 5.26 Å². The van der Waals surface area contributed by atoms with Crippen molar-refractivity contribution in [2.45, 2.75) is 30.2 Å². The zero-order chi connectivity index (χ0) is 7.61. The summed E-state index contributed by atoms with van der Waals surface area (Å²) in [4.78, 5) is 0. The zero-order valence-electron chi connectivity index (χ0n) is 5.93. The molecule has 0 radical (unpaired) electrons. The number of nitrogens with zero attached hydrogens (tertiary/aromatic N) is 1. The van der Waals surface area contributed by atoms with Crippen LogP contribution in [0.1, 0.15) is 19.8 Å². The second kappa shape index (κ2) is 2.89. The van der Waals surface area contributed by atoms with Gasteiger partial charge in [-0.3, -0.25) is 0 Å². The molecule has 0 aromatic rings. The van der Waals surface area contributed by atoms with Gasteiger partial charge in [-0.15, -0.1) is 0 Å². The molecule has 1 rings (SSSR count). The van der Waals surface area contributed by atoms with Crippen LogP contribution in [-0.2, 0) is 4.74 Å². The van der Waals surface area contributed by atoms with Gasteiger partial charge in [-0.05, 0) is 6.92 Å². The fourth-order valence-corrected chi connectivity index (χ4v) is 1.83. The minimum absolute atomic E-state index is 0.271. The molecular weight excluding hydrogens is 194 g/mol. The molecule has 56 valence electrons. The first-order chi connectivity index (χ1) is 4.70. The summed E-state index contributed by atoms with van der Waals surface area (Å²) >= 11 is 3.34. The predicted octanol–water partition coefficient (Wildman–Crippen LogP) is 1.84. The highest BCUT2D eigenvalue weighted by molar-refractivity contribution is 9.10. The van der Waals surface area contributed by atoms with Gasteiger partial charge in [0.25, 0.3) is 0 Å². The fraction of sp³-hybridized carbons (Fsp3) is 0.857. The number of alkyl halides is 1. The molecule has 0 bridgehead atoms. The highest BCUT2D eigenvalue weighted by Gasteiger charge is 2.42. The number of ether oxygens (including phenoxy) is 1. The molecule has 0 amide bonds. The average molecular weight is 204 g/mol. The lowest BCUT2D eigenvalue weighted by Gasteiger charge is -2.37. The van der Waals surface area contributed by atoms with Crippen LogP contribution in [0, 0.1) is 11.3 Å². The van der Waals surface area contributed by atoms with E-state index in [0.29, 0.717) is 6.10 Å². The summed E-state index contributed by atoms with van der Waals surface area (Å²) in [7, 11) is 0. The van der Waals surface area contributed by atoms with Crippen LogP contribution in [0.2, 0.25) is 0 Å². The minimum atomic E-state index is -0.271. The fourth-order valence-electron chi connectivity index (χ4n) is 1.11. The Morgan fingerprint density at radius 1 is 1.80 bits per heavy atom. The molecule has 0 atom stereocenters. The van der Waals surface area contributed by atoms with E-state index in [2.05, 4.69) is 22.0 Å². The number of hydrogen-bond acceptors (Lipinski definition) is 2. The van der Waals surface area contributed by atoms with Crippen LogP contribution < -0.4 is 0 Å². The first-order valence-corrected chi connectivity index (χ1v) is 4.21. The van der Waals surface area contributed by atoms with Crippen molar-refractivity contribution in [3.8, 4) is 6.07 Å². The lowest BCUT2D eigenvalue weighted by molar-refractivity contribution is 0.00214. The van der Waals surface area contributed by atoms with Crippen molar-refractivity contribution in [3.63, 3.8) is 0 Å². The Labute approximate surface area is 69.3 Å². The minimum Gasteiger partial charge on any atom is -0.378 e. The number of rotatable bonds is 2. The van der Waals surface area contributed by atoms with Crippen molar-refractivity contribution < 1.29 is 4.74 Å². The highest BCUT2D eigenvalue weighted by Crippen LogP contribution is 2.41. The Balaban J connectivity index is 2.24. The first-order valence-electron chi connectivity index (χ1n) is 3.42. The molecule has 0 N–H and O–H groups in total. The van der Waals surface area contributed by atoms with E-state index in [1.165, 1.54) is 0 Å². The van der Waals surface area contributed by atoms with Crippen LogP contribution >= 0.6 is 15.9 Å². The van der Waals surface area contributed by atoms with Gasteiger partial charge in [0.05, 0.1) is 12.2 Å². The lowest BCUT2D eigenvalue weighted by Crippen LogP contribution is -2.42. The topological polar surface area (TPSA) is 33.0 Å². The maximum atomic E-state index is 8.58. The molecule has 3 heteroatoms. The smallest absolute Gasteiger partial charge is 0.117 e. The van der Waals surface area contributed by atoms with Crippen molar-refractivity contribution in [2.24, 2.45) is 0 Å². The quantitative estimate of drug-likeness (QED) is 0.643. The van der Waals surface area contributed by atoms with Crippen molar-refractivity contribution >= 4 is 15.9 Å². The summed E-state index contributed by atoms with van der Waals surface area (Å²) in [5.41, 5.74) is 0. The zero-order valence-corrected chi connectivity index (χ0v) is 7.52. The Morgan fingerprint density at radius 2 is 2.40 bits per heavy atom. The second-order valence-electron chi connectivity index (χ2n) is 2.56. The highest BCUT2D eigenvalue weighted by atomic mass is 79.9. The molecule has 0 spiro atoms. The van der Waals surface area contributed by atoms with Crippen LogP contribution in [0.4, 0.5) is 0 Å². The van der Waals surface area contributed by atoms with Gasteiger partial charge in [-0.25, -0.2) is 0 Å². The van der Waals surface area contributed by atoms with Crippen LogP contribution in [0.15, 0.2) is 0 Å². The van der Waals surface area contributed by atoms with Gasteiger partial charge in [-0.1, -0.05) is 15.9 Å². The van der Waals surface area contributed by atoms with Crippen LogP contribution in [-0.4, -0.2) is 17.0 Å². The van der Waals surface area contributed by atoms with Crippen molar-refractivity contribution in [2.75, 3.05) is 6.61 Å². The maximum Gasteiger partial charge on any atom is 0.117 e. The van der Waals surface area contributed by atoms with E-state index < -0.39 is 0 Å². The van der Waals surface area contributed by atoms with Gasteiger partial charge >= 0.3 is 0 Å². The largest absolute Gasteiger partial charge is 0.378 e. The molecule has 0 unspecified atom stereocenters. The Morgan fingerprint density at radius 3 is 2.80 bits per heavy atom. The van der Waals surface area contributed by atoms with Gasteiger partial charge in [0.2, 0.25) is 0 Å². The molecule has 0 heterocycles. The van der Waals surface area contributed by atoms with E-state index in [1.54, 1.807) is 0 Å². The van der Waals surface area contributed by atoms with Crippen molar-refractivity contribution in [1.82, 2.24) is 0 Å². The predicted molar refractivity (Wildman–Crippen MR) is 41.9 cm³/mol.